The van der Waals surface area contributed by atoms with Gasteiger partial charge in [-0.2, -0.15) is 0 Å². The van der Waals surface area contributed by atoms with Crippen LogP contribution in [0.4, 0.5) is 0 Å². The van der Waals surface area contributed by atoms with Crippen molar-refractivity contribution < 1.29 is 9.47 Å². The quantitative estimate of drug-likeness (QED) is 0.688. The summed E-state index contributed by atoms with van der Waals surface area (Å²) in [5.74, 6) is 0. The molecule has 0 aliphatic carbocycles. The first kappa shape index (κ1) is 21.3. The molecular weight excluding hydrogens is 398 g/mol. The van der Waals surface area contributed by atoms with Crippen LogP contribution in [-0.2, 0) is 16.0 Å². The molecule has 2 saturated heterocycles. The smallest absolute Gasteiger partial charge is 0.253 e. The second-order valence-corrected chi connectivity index (χ2v) is 8.89. The van der Waals surface area contributed by atoms with Crippen molar-refractivity contribution in [1.82, 2.24) is 15.2 Å². The van der Waals surface area contributed by atoms with Gasteiger partial charge in [-0.15, -0.1) is 0 Å². The molecule has 6 nitrogen and oxygen atoms in total. The molecule has 0 unspecified atom stereocenters. The highest BCUT2D eigenvalue weighted by molar-refractivity contribution is 7.80. The lowest BCUT2D eigenvalue weighted by molar-refractivity contribution is 0.0885. The number of aromatic amines is 1. The van der Waals surface area contributed by atoms with E-state index in [4.69, 9.17) is 21.7 Å². The van der Waals surface area contributed by atoms with Gasteiger partial charge in [0.15, 0.2) is 5.11 Å². The number of nitrogens with one attached hydrogen (secondary N) is 2. The van der Waals surface area contributed by atoms with E-state index in [-0.39, 0.29) is 17.8 Å². The van der Waals surface area contributed by atoms with Gasteiger partial charge in [0.05, 0.1) is 24.3 Å². The standard InChI is InChI=1S/C23H31N3O3S/c1-15-9-16(2)21-17(10-15)11-18(22(27)25-21)13-26(14-20-6-4-8-29-20)23(30)24-12-19-5-3-7-28-19/h9-11,19-20H,3-8,12-14H2,1-2H3,(H,24,30)(H,25,27)/t19-,20+/m1/s1. The molecule has 0 amide bonds. The fourth-order valence-corrected chi connectivity index (χ4v) is 4.65. The number of aryl methyl sites for hydroxylation is 2. The van der Waals surface area contributed by atoms with Gasteiger partial charge in [-0.05, 0) is 74.8 Å². The number of thiocarbonyl (C=S) groups is 1. The molecule has 2 fully saturated rings. The van der Waals surface area contributed by atoms with E-state index in [1.54, 1.807) is 0 Å². The van der Waals surface area contributed by atoms with E-state index in [1.807, 2.05) is 13.0 Å². The van der Waals surface area contributed by atoms with Crippen LogP contribution in [0.3, 0.4) is 0 Å². The minimum absolute atomic E-state index is 0.0614. The molecule has 2 N–H and O–H groups in total. The fourth-order valence-electron chi connectivity index (χ4n) is 4.43. The van der Waals surface area contributed by atoms with Crippen LogP contribution in [0.15, 0.2) is 23.0 Å². The maximum absolute atomic E-state index is 12.8. The summed E-state index contributed by atoms with van der Waals surface area (Å²) in [6.07, 6.45) is 4.62. The minimum atomic E-state index is -0.0614. The normalized spacial score (nSPS) is 21.3. The molecule has 2 aromatic rings. The minimum Gasteiger partial charge on any atom is -0.376 e. The van der Waals surface area contributed by atoms with Gasteiger partial charge in [0.25, 0.3) is 5.56 Å². The van der Waals surface area contributed by atoms with Crippen molar-refractivity contribution in [2.75, 3.05) is 26.3 Å². The van der Waals surface area contributed by atoms with Crippen molar-refractivity contribution in [2.24, 2.45) is 0 Å². The van der Waals surface area contributed by atoms with Crippen LogP contribution in [0.1, 0.15) is 42.4 Å². The Morgan fingerprint density at radius 1 is 1.17 bits per heavy atom. The Morgan fingerprint density at radius 2 is 1.90 bits per heavy atom. The van der Waals surface area contributed by atoms with E-state index in [1.165, 1.54) is 5.56 Å². The molecule has 0 bridgehead atoms. The number of ether oxygens (including phenoxy) is 2. The maximum Gasteiger partial charge on any atom is 0.253 e. The van der Waals surface area contributed by atoms with Crippen LogP contribution >= 0.6 is 12.2 Å². The summed E-state index contributed by atoms with van der Waals surface area (Å²) in [5, 5.41) is 5.07. The van der Waals surface area contributed by atoms with E-state index in [0.29, 0.717) is 30.3 Å². The molecule has 0 spiro atoms. The first-order valence-corrected chi connectivity index (χ1v) is 11.3. The van der Waals surface area contributed by atoms with Gasteiger partial charge in [0.1, 0.15) is 0 Å². The molecule has 1 aromatic heterocycles. The zero-order valence-corrected chi connectivity index (χ0v) is 18.6. The Labute approximate surface area is 182 Å². The predicted molar refractivity (Wildman–Crippen MR) is 123 cm³/mol. The Balaban J connectivity index is 1.54. The predicted octanol–water partition coefficient (Wildman–Crippen LogP) is 3.18. The second-order valence-electron chi connectivity index (χ2n) is 8.51. The molecule has 4 rings (SSSR count). The third kappa shape index (κ3) is 5.02. The van der Waals surface area contributed by atoms with Gasteiger partial charge in [-0.3, -0.25) is 4.79 Å². The summed E-state index contributed by atoms with van der Waals surface area (Å²) in [6.45, 7) is 7.56. The van der Waals surface area contributed by atoms with Crippen molar-refractivity contribution in [3.05, 3.63) is 45.2 Å². The molecule has 2 aliphatic rings. The molecule has 2 aliphatic heterocycles. The molecule has 0 saturated carbocycles. The van der Waals surface area contributed by atoms with Crippen LogP contribution < -0.4 is 10.9 Å². The van der Waals surface area contributed by atoms with Gasteiger partial charge in [-0.1, -0.05) is 11.6 Å². The number of rotatable bonds is 6. The molecule has 3 heterocycles. The van der Waals surface area contributed by atoms with Crippen molar-refractivity contribution in [2.45, 2.75) is 58.3 Å². The SMILES string of the molecule is Cc1cc(C)c2[nH]c(=O)c(CN(C[C@@H]3CCCO3)C(=S)NC[C@H]3CCCO3)cc2c1. The Hall–Kier alpha value is -1.96. The number of fused-ring (bicyclic) bond motifs is 1. The first-order chi connectivity index (χ1) is 14.5. The molecule has 7 heteroatoms. The average molecular weight is 430 g/mol. The molecule has 0 radical (unpaired) electrons. The first-order valence-electron chi connectivity index (χ1n) is 10.9. The summed E-state index contributed by atoms with van der Waals surface area (Å²) in [5.41, 5.74) is 3.82. The third-order valence-corrected chi connectivity index (χ3v) is 6.37. The van der Waals surface area contributed by atoms with Gasteiger partial charge < -0.3 is 24.7 Å². The van der Waals surface area contributed by atoms with Crippen LogP contribution in [0, 0.1) is 13.8 Å². The number of hydrogen-bond acceptors (Lipinski definition) is 4. The number of hydrogen-bond donors (Lipinski definition) is 2. The average Bonchev–Trinajstić information content (AvgIpc) is 3.41. The summed E-state index contributed by atoms with van der Waals surface area (Å²) < 4.78 is 11.5. The third-order valence-electron chi connectivity index (χ3n) is 5.97. The molecule has 2 atom stereocenters. The van der Waals surface area contributed by atoms with Crippen LogP contribution in [0.2, 0.25) is 0 Å². The highest BCUT2D eigenvalue weighted by Gasteiger charge is 2.23. The number of benzene rings is 1. The fraction of sp³-hybridized carbons (Fsp3) is 0.565. The molecule has 30 heavy (non-hydrogen) atoms. The zero-order chi connectivity index (χ0) is 21.1. The highest BCUT2D eigenvalue weighted by Crippen LogP contribution is 2.20. The van der Waals surface area contributed by atoms with E-state index in [2.05, 4.69) is 34.3 Å². The number of H-pyrrole nitrogens is 1. The van der Waals surface area contributed by atoms with Crippen molar-refractivity contribution >= 4 is 28.2 Å². The lowest BCUT2D eigenvalue weighted by Gasteiger charge is -2.29. The van der Waals surface area contributed by atoms with Gasteiger partial charge in [0.2, 0.25) is 0 Å². The second kappa shape index (κ2) is 9.45. The Bertz CT molecular complexity index is 962. The Kier molecular flexibility index (Phi) is 6.71. The molecular formula is C23H31N3O3S. The number of nitrogens with zero attached hydrogens (tertiary/aromatic N) is 1. The topological polar surface area (TPSA) is 66.6 Å². The van der Waals surface area contributed by atoms with Gasteiger partial charge in [-0.25, -0.2) is 0 Å². The van der Waals surface area contributed by atoms with Crippen molar-refractivity contribution in [3.63, 3.8) is 0 Å². The lowest BCUT2D eigenvalue weighted by Crippen LogP contribution is -2.45. The number of pyridine rings is 1. The maximum atomic E-state index is 12.8. The zero-order valence-electron chi connectivity index (χ0n) is 17.8. The Morgan fingerprint density at radius 3 is 2.60 bits per heavy atom. The lowest BCUT2D eigenvalue weighted by atomic mass is 10.1. The largest absolute Gasteiger partial charge is 0.376 e. The van der Waals surface area contributed by atoms with Crippen LogP contribution in [0.5, 0.6) is 0 Å². The van der Waals surface area contributed by atoms with E-state index in [9.17, 15) is 4.79 Å². The van der Waals surface area contributed by atoms with Crippen molar-refractivity contribution in [3.8, 4) is 0 Å². The summed E-state index contributed by atoms with van der Waals surface area (Å²) in [7, 11) is 0. The van der Waals surface area contributed by atoms with E-state index >= 15 is 0 Å². The monoisotopic (exact) mass is 429 g/mol. The highest BCUT2D eigenvalue weighted by atomic mass is 32.1. The molecule has 1 aromatic carbocycles. The van der Waals surface area contributed by atoms with E-state index in [0.717, 1.165) is 55.4 Å². The summed E-state index contributed by atoms with van der Waals surface area (Å²) in [4.78, 5) is 18.0. The summed E-state index contributed by atoms with van der Waals surface area (Å²) in [6, 6.07) is 6.20. The van der Waals surface area contributed by atoms with E-state index < -0.39 is 0 Å². The van der Waals surface area contributed by atoms with Gasteiger partial charge >= 0.3 is 0 Å². The van der Waals surface area contributed by atoms with Crippen molar-refractivity contribution in [1.29, 1.82) is 0 Å². The van der Waals surface area contributed by atoms with Gasteiger partial charge in [0, 0.05) is 31.9 Å². The molecule has 162 valence electrons. The van der Waals surface area contributed by atoms with Crippen LogP contribution in [-0.4, -0.2) is 53.5 Å². The summed E-state index contributed by atoms with van der Waals surface area (Å²) >= 11 is 5.72. The number of aromatic nitrogens is 1. The van der Waals surface area contributed by atoms with Crippen LogP contribution in [0.25, 0.3) is 10.9 Å².